The Labute approximate surface area is 127 Å². The molecule has 0 bridgehead atoms. The largest absolute Gasteiger partial charge is 0.268 e. The van der Waals surface area contributed by atoms with Crippen LogP contribution in [0.2, 0.25) is 0 Å². The summed E-state index contributed by atoms with van der Waals surface area (Å²) in [6.45, 7) is 4.02. The van der Waals surface area contributed by atoms with E-state index in [1.165, 1.54) is 0 Å². The Balaban J connectivity index is 2.40. The average Bonchev–Trinajstić information content (AvgIpc) is 2.46. The molecule has 0 fully saturated rings. The minimum Gasteiger partial charge on any atom is -0.268 e. The number of rotatable bonds is 2. The van der Waals surface area contributed by atoms with Gasteiger partial charge in [0.2, 0.25) is 0 Å². The summed E-state index contributed by atoms with van der Waals surface area (Å²) in [5, 5.41) is 0.602. The predicted octanol–water partition coefficient (Wildman–Crippen LogP) is 3.74. The number of aryl methyl sites for hydroxylation is 2. The van der Waals surface area contributed by atoms with Crippen molar-refractivity contribution in [1.29, 1.82) is 0 Å². The van der Waals surface area contributed by atoms with Gasteiger partial charge in [-0.15, -0.1) is 11.6 Å². The Morgan fingerprint density at radius 2 is 1.76 bits per heavy atom. The highest BCUT2D eigenvalue weighted by molar-refractivity contribution is 6.16. The minimum atomic E-state index is -0.0822. The van der Waals surface area contributed by atoms with Crippen molar-refractivity contribution in [3.05, 3.63) is 69.8 Å². The molecule has 3 rings (SSSR count). The lowest BCUT2D eigenvalue weighted by atomic mass is 10.1. The quantitative estimate of drug-likeness (QED) is 0.676. The fourth-order valence-electron chi connectivity index (χ4n) is 2.61. The lowest BCUT2D eigenvalue weighted by Gasteiger charge is -2.13. The molecule has 0 spiro atoms. The number of fused-ring (bicyclic) bond motifs is 1. The smallest absolute Gasteiger partial charge is 0.266 e. The van der Waals surface area contributed by atoms with Crippen LogP contribution in [-0.4, -0.2) is 9.55 Å². The monoisotopic (exact) mass is 298 g/mol. The molecule has 0 saturated heterocycles. The van der Waals surface area contributed by atoms with Crippen LogP contribution in [0.15, 0.2) is 47.3 Å². The van der Waals surface area contributed by atoms with Gasteiger partial charge in [0.1, 0.15) is 5.82 Å². The molecule has 0 aliphatic rings. The number of hydrogen-bond acceptors (Lipinski definition) is 2. The van der Waals surface area contributed by atoms with Crippen LogP contribution in [0.1, 0.15) is 17.0 Å². The van der Waals surface area contributed by atoms with Gasteiger partial charge in [0.25, 0.3) is 5.56 Å². The van der Waals surface area contributed by atoms with Gasteiger partial charge in [-0.05, 0) is 49.2 Å². The topological polar surface area (TPSA) is 34.9 Å². The van der Waals surface area contributed by atoms with Gasteiger partial charge in [-0.3, -0.25) is 9.36 Å². The summed E-state index contributed by atoms with van der Waals surface area (Å²) in [5.74, 6) is 0.748. The molecule has 0 aliphatic carbocycles. The van der Waals surface area contributed by atoms with Gasteiger partial charge < -0.3 is 0 Å². The number of alkyl halides is 1. The van der Waals surface area contributed by atoms with Crippen molar-refractivity contribution in [3.63, 3.8) is 0 Å². The summed E-state index contributed by atoms with van der Waals surface area (Å²) in [4.78, 5) is 17.3. The maximum Gasteiger partial charge on any atom is 0.266 e. The van der Waals surface area contributed by atoms with Gasteiger partial charge >= 0.3 is 0 Å². The van der Waals surface area contributed by atoms with Gasteiger partial charge in [-0.25, -0.2) is 4.98 Å². The van der Waals surface area contributed by atoms with Crippen LogP contribution < -0.4 is 5.56 Å². The lowest BCUT2D eigenvalue weighted by Crippen LogP contribution is -2.23. The van der Waals surface area contributed by atoms with E-state index in [-0.39, 0.29) is 11.4 Å². The third-order valence-corrected chi connectivity index (χ3v) is 3.67. The third-order valence-electron chi connectivity index (χ3n) is 3.43. The SMILES string of the molecule is Cc1cc(C)cc(-n2c(CCl)nc3ccccc3c2=O)c1. The third kappa shape index (κ3) is 2.45. The summed E-state index contributed by atoms with van der Waals surface area (Å²) < 4.78 is 1.61. The van der Waals surface area contributed by atoms with Gasteiger partial charge in [-0.1, -0.05) is 18.2 Å². The zero-order valence-electron chi connectivity index (χ0n) is 11.9. The molecule has 0 aliphatic heterocycles. The Kier molecular flexibility index (Phi) is 3.52. The molecule has 0 saturated carbocycles. The first-order valence-electron chi connectivity index (χ1n) is 6.75. The normalized spacial score (nSPS) is 11.0. The summed E-state index contributed by atoms with van der Waals surface area (Å²) in [6, 6.07) is 13.4. The maximum atomic E-state index is 12.8. The molecule has 1 heterocycles. The summed E-state index contributed by atoms with van der Waals surface area (Å²) >= 11 is 6.01. The molecule has 21 heavy (non-hydrogen) atoms. The highest BCUT2D eigenvalue weighted by Crippen LogP contribution is 2.17. The van der Waals surface area contributed by atoms with Crippen LogP contribution >= 0.6 is 11.6 Å². The van der Waals surface area contributed by atoms with Crippen molar-refractivity contribution in [1.82, 2.24) is 9.55 Å². The number of hydrogen-bond donors (Lipinski definition) is 0. The predicted molar refractivity (Wildman–Crippen MR) is 86.4 cm³/mol. The Bertz CT molecular complexity index is 863. The lowest BCUT2D eigenvalue weighted by molar-refractivity contribution is 0.879. The van der Waals surface area contributed by atoms with Crippen molar-refractivity contribution in [2.45, 2.75) is 19.7 Å². The second-order valence-electron chi connectivity index (χ2n) is 5.17. The molecule has 4 heteroatoms. The first-order chi connectivity index (χ1) is 10.1. The van der Waals surface area contributed by atoms with E-state index in [0.29, 0.717) is 16.7 Å². The molecular formula is C17H15ClN2O. The number of benzene rings is 2. The first kappa shape index (κ1) is 13.8. The van der Waals surface area contributed by atoms with Crippen molar-refractivity contribution < 1.29 is 0 Å². The van der Waals surface area contributed by atoms with Gasteiger partial charge in [0.05, 0.1) is 22.5 Å². The summed E-state index contributed by atoms with van der Waals surface area (Å²) in [7, 11) is 0. The zero-order valence-corrected chi connectivity index (χ0v) is 12.7. The standard InChI is InChI=1S/C17H15ClN2O/c1-11-7-12(2)9-13(8-11)20-16(10-18)19-15-6-4-3-5-14(15)17(20)21/h3-9H,10H2,1-2H3. The number of nitrogens with zero attached hydrogens (tertiary/aromatic N) is 2. The summed E-state index contributed by atoms with van der Waals surface area (Å²) in [6.07, 6.45) is 0. The van der Waals surface area contributed by atoms with E-state index in [1.807, 2.05) is 44.2 Å². The number of para-hydroxylation sites is 1. The van der Waals surface area contributed by atoms with E-state index in [1.54, 1.807) is 10.6 Å². The fourth-order valence-corrected chi connectivity index (χ4v) is 2.79. The highest BCUT2D eigenvalue weighted by atomic mass is 35.5. The molecule has 0 atom stereocenters. The molecule has 0 radical (unpaired) electrons. The Morgan fingerprint density at radius 1 is 1.10 bits per heavy atom. The van der Waals surface area contributed by atoms with Gasteiger partial charge in [-0.2, -0.15) is 0 Å². The Morgan fingerprint density at radius 3 is 2.43 bits per heavy atom. The van der Waals surface area contributed by atoms with Gasteiger partial charge in [0, 0.05) is 0 Å². The van der Waals surface area contributed by atoms with Crippen LogP contribution in [0.3, 0.4) is 0 Å². The molecule has 0 unspecified atom stereocenters. The molecule has 0 amide bonds. The van der Waals surface area contributed by atoms with E-state index in [4.69, 9.17) is 11.6 Å². The highest BCUT2D eigenvalue weighted by Gasteiger charge is 2.12. The molecule has 0 N–H and O–H groups in total. The first-order valence-corrected chi connectivity index (χ1v) is 7.29. The second-order valence-corrected chi connectivity index (χ2v) is 5.43. The van der Waals surface area contributed by atoms with Crippen molar-refractivity contribution in [2.75, 3.05) is 0 Å². The Hall–Kier alpha value is -2.13. The van der Waals surface area contributed by atoms with Crippen LogP contribution in [0.25, 0.3) is 16.6 Å². The van der Waals surface area contributed by atoms with E-state index in [2.05, 4.69) is 11.1 Å². The van der Waals surface area contributed by atoms with Crippen LogP contribution in [0.4, 0.5) is 0 Å². The second kappa shape index (κ2) is 5.34. The van der Waals surface area contributed by atoms with Crippen molar-refractivity contribution in [2.24, 2.45) is 0 Å². The average molecular weight is 299 g/mol. The van der Waals surface area contributed by atoms with Crippen molar-refractivity contribution >= 4 is 22.5 Å². The van der Waals surface area contributed by atoms with Crippen LogP contribution in [0, 0.1) is 13.8 Å². The maximum absolute atomic E-state index is 12.8. The molecule has 106 valence electrons. The molecule has 3 aromatic rings. The number of aromatic nitrogens is 2. The van der Waals surface area contributed by atoms with E-state index in [9.17, 15) is 4.79 Å². The van der Waals surface area contributed by atoms with Crippen LogP contribution in [0.5, 0.6) is 0 Å². The molecular weight excluding hydrogens is 284 g/mol. The van der Waals surface area contributed by atoms with E-state index < -0.39 is 0 Å². The summed E-state index contributed by atoms with van der Waals surface area (Å²) in [5.41, 5.74) is 3.61. The van der Waals surface area contributed by atoms with Crippen molar-refractivity contribution in [3.8, 4) is 5.69 Å². The van der Waals surface area contributed by atoms with Gasteiger partial charge in [0.15, 0.2) is 0 Å². The number of halogens is 1. The van der Waals surface area contributed by atoms with E-state index >= 15 is 0 Å². The fraction of sp³-hybridized carbons (Fsp3) is 0.176. The van der Waals surface area contributed by atoms with E-state index in [0.717, 1.165) is 16.8 Å². The minimum absolute atomic E-state index is 0.0822. The molecule has 3 nitrogen and oxygen atoms in total. The van der Waals surface area contributed by atoms with Crippen LogP contribution in [-0.2, 0) is 5.88 Å². The zero-order chi connectivity index (χ0) is 15.0. The molecule has 1 aromatic heterocycles. The molecule has 2 aromatic carbocycles.